The lowest BCUT2D eigenvalue weighted by molar-refractivity contribution is 0.591. The molecule has 1 unspecified atom stereocenters. The number of hydrogen-bond donors (Lipinski definition) is 1. The van der Waals surface area contributed by atoms with Gasteiger partial charge in [-0.05, 0) is 37.6 Å². The Bertz CT molecular complexity index is 374. The van der Waals surface area contributed by atoms with Gasteiger partial charge in [0.05, 0.1) is 6.04 Å². The molecule has 0 radical (unpaired) electrons. The van der Waals surface area contributed by atoms with E-state index in [2.05, 4.69) is 18.8 Å². The molecule has 0 heterocycles. The van der Waals surface area contributed by atoms with E-state index >= 15 is 0 Å². The lowest BCUT2D eigenvalue weighted by atomic mass is 10.0. The highest BCUT2D eigenvalue weighted by Crippen LogP contribution is 2.29. The van der Waals surface area contributed by atoms with E-state index in [1.807, 2.05) is 19.1 Å². The summed E-state index contributed by atoms with van der Waals surface area (Å²) in [7, 11) is 0. The molecule has 0 aliphatic rings. The maximum absolute atomic E-state index is 6.18. The first-order valence-electron chi connectivity index (χ1n) is 5.40. The standard InChI is InChI=1S/C13H17Cl2N/c1-4-7-16-13(9(2)3)11-6-5-10(14)8-12(11)15/h5-6,8,13,16H,2,4,7H2,1,3H3. The lowest BCUT2D eigenvalue weighted by Gasteiger charge is -2.20. The van der Waals surface area contributed by atoms with Gasteiger partial charge in [-0.2, -0.15) is 0 Å². The van der Waals surface area contributed by atoms with Crippen LogP contribution in [0.1, 0.15) is 31.9 Å². The fraction of sp³-hybridized carbons (Fsp3) is 0.385. The van der Waals surface area contributed by atoms with Gasteiger partial charge in [0, 0.05) is 10.0 Å². The van der Waals surface area contributed by atoms with E-state index < -0.39 is 0 Å². The zero-order valence-corrected chi connectivity index (χ0v) is 11.2. The van der Waals surface area contributed by atoms with Crippen LogP contribution in [0.4, 0.5) is 0 Å². The van der Waals surface area contributed by atoms with Crippen molar-refractivity contribution in [3.63, 3.8) is 0 Å². The topological polar surface area (TPSA) is 12.0 Å². The fourth-order valence-corrected chi connectivity index (χ4v) is 2.09. The number of benzene rings is 1. The minimum Gasteiger partial charge on any atom is -0.307 e. The van der Waals surface area contributed by atoms with Gasteiger partial charge in [-0.25, -0.2) is 0 Å². The molecule has 0 aromatic heterocycles. The molecule has 0 saturated carbocycles. The van der Waals surface area contributed by atoms with E-state index in [9.17, 15) is 0 Å². The average molecular weight is 258 g/mol. The lowest BCUT2D eigenvalue weighted by Crippen LogP contribution is -2.23. The van der Waals surface area contributed by atoms with Gasteiger partial charge in [-0.15, -0.1) is 0 Å². The van der Waals surface area contributed by atoms with Crippen LogP contribution in [0.5, 0.6) is 0 Å². The van der Waals surface area contributed by atoms with E-state index in [1.54, 1.807) is 6.07 Å². The van der Waals surface area contributed by atoms with Crippen LogP contribution in [0.3, 0.4) is 0 Å². The van der Waals surface area contributed by atoms with Crippen molar-refractivity contribution in [2.24, 2.45) is 0 Å². The molecule has 0 aliphatic carbocycles. The molecule has 0 fully saturated rings. The van der Waals surface area contributed by atoms with Crippen molar-refractivity contribution in [2.75, 3.05) is 6.54 Å². The molecule has 16 heavy (non-hydrogen) atoms. The molecule has 1 nitrogen and oxygen atoms in total. The van der Waals surface area contributed by atoms with E-state index in [0.717, 1.165) is 24.1 Å². The number of nitrogens with one attached hydrogen (secondary N) is 1. The van der Waals surface area contributed by atoms with Gasteiger partial charge < -0.3 is 5.32 Å². The van der Waals surface area contributed by atoms with Gasteiger partial charge in [0.2, 0.25) is 0 Å². The Morgan fingerprint density at radius 1 is 1.44 bits per heavy atom. The number of halogens is 2. The summed E-state index contributed by atoms with van der Waals surface area (Å²) < 4.78 is 0. The van der Waals surface area contributed by atoms with E-state index in [0.29, 0.717) is 10.0 Å². The van der Waals surface area contributed by atoms with Crippen molar-refractivity contribution in [3.05, 3.63) is 46.0 Å². The van der Waals surface area contributed by atoms with Crippen LogP contribution >= 0.6 is 23.2 Å². The zero-order chi connectivity index (χ0) is 12.1. The predicted molar refractivity (Wildman–Crippen MR) is 72.3 cm³/mol. The first-order chi connectivity index (χ1) is 7.56. The maximum Gasteiger partial charge on any atom is 0.0545 e. The highest BCUT2D eigenvalue weighted by atomic mass is 35.5. The van der Waals surface area contributed by atoms with Crippen LogP contribution in [0, 0.1) is 0 Å². The Morgan fingerprint density at radius 2 is 2.12 bits per heavy atom. The first-order valence-corrected chi connectivity index (χ1v) is 6.15. The monoisotopic (exact) mass is 257 g/mol. The SMILES string of the molecule is C=C(C)C(NCCC)c1ccc(Cl)cc1Cl. The third kappa shape index (κ3) is 3.51. The highest BCUT2D eigenvalue weighted by Gasteiger charge is 2.14. The van der Waals surface area contributed by atoms with Crippen LogP contribution in [-0.2, 0) is 0 Å². The van der Waals surface area contributed by atoms with Crippen LogP contribution in [0.15, 0.2) is 30.4 Å². The normalized spacial score (nSPS) is 12.5. The molecule has 0 amide bonds. The summed E-state index contributed by atoms with van der Waals surface area (Å²) in [6.07, 6.45) is 1.08. The van der Waals surface area contributed by atoms with Crippen molar-refractivity contribution >= 4 is 23.2 Å². The summed E-state index contributed by atoms with van der Waals surface area (Å²) >= 11 is 12.1. The van der Waals surface area contributed by atoms with Gasteiger partial charge >= 0.3 is 0 Å². The minimum absolute atomic E-state index is 0.102. The summed E-state index contributed by atoms with van der Waals surface area (Å²) in [5.41, 5.74) is 2.09. The molecular weight excluding hydrogens is 241 g/mol. The smallest absolute Gasteiger partial charge is 0.0545 e. The minimum atomic E-state index is 0.102. The van der Waals surface area contributed by atoms with Crippen molar-refractivity contribution in [2.45, 2.75) is 26.3 Å². The van der Waals surface area contributed by atoms with E-state index in [4.69, 9.17) is 23.2 Å². The second kappa shape index (κ2) is 6.29. The quantitative estimate of drug-likeness (QED) is 0.760. The van der Waals surface area contributed by atoms with Gasteiger partial charge in [0.1, 0.15) is 0 Å². The van der Waals surface area contributed by atoms with Crippen molar-refractivity contribution in [1.29, 1.82) is 0 Å². The summed E-state index contributed by atoms with van der Waals surface area (Å²) in [6.45, 7) is 9.06. The Balaban J connectivity index is 2.96. The van der Waals surface area contributed by atoms with Gasteiger partial charge in [0.15, 0.2) is 0 Å². The molecule has 1 aromatic carbocycles. The summed E-state index contributed by atoms with van der Waals surface area (Å²) in [4.78, 5) is 0. The maximum atomic E-state index is 6.18. The molecule has 88 valence electrons. The predicted octanol–water partition coefficient (Wildman–Crippen LogP) is 4.61. The Morgan fingerprint density at radius 3 is 2.62 bits per heavy atom. The Labute approximate surface area is 107 Å². The van der Waals surface area contributed by atoms with Crippen molar-refractivity contribution in [3.8, 4) is 0 Å². The molecule has 0 saturated heterocycles. The van der Waals surface area contributed by atoms with Crippen LogP contribution in [0.25, 0.3) is 0 Å². The van der Waals surface area contributed by atoms with E-state index in [1.165, 1.54) is 0 Å². The first kappa shape index (κ1) is 13.6. The zero-order valence-electron chi connectivity index (χ0n) is 9.69. The summed E-state index contributed by atoms with van der Waals surface area (Å²) in [6, 6.07) is 5.67. The molecular formula is C13H17Cl2N. The number of rotatable bonds is 5. The molecule has 0 spiro atoms. The molecule has 1 N–H and O–H groups in total. The third-order valence-corrected chi connectivity index (χ3v) is 2.93. The number of hydrogen-bond acceptors (Lipinski definition) is 1. The Kier molecular flexibility index (Phi) is 5.33. The van der Waals surface area contributed by atoms with Crippen LogP contribution < -0.4 is 5.32 Å². The molecule has 1 rings (SSSR count). The molecule has 0 aliphatic heterocycles. The van der Waals surface area contributed by atoms with Gasteiger partial charge in [-0.1, -0.05) is 48.3 Å². The van der Waals surface area contributed by atoms with Gasteiger partial charge in [-0.3, -0.25) is 0 Å². The van der Waals surface area contributed by atoms with Crippen LogP contribution in [0.2, 0.25) is 10.0 Å². The summed E-state index contributed by atoms with van der Waals surface area (Å²) in [5.74, 6) is 0. The summed E-state index contributed by atoms with van der Waals surface area (Å²) in [5, 5.41) is 4.76. The second-order valence-electron chi connectivity index (χ2n) is 3.90. The van der Waals surface area contributed by atoms with Crippen molar-refractivity contribution in [1.82, 2.24) is 5.32 Å². The van der Waals surface area contributed by atoms with E-state index in [-0.39, 0.29) is 6.04 Å². The highest BCUT2D eigenvalue weighted by molar-refractivity contribution is 6.35. The second-order valence-corrected chi connectivity index (χ2v) is 4.74. The fourth-order valence-electron chi connectivity index (χ4n) is 1.57. The van der Waals surface area contributed by atoms with Crippen molar-refractivity contribution < 1.29 is 0 Å². The average Bonchev–Trinajstić information content (AvgIpc) is 2.20. The third-order valence-electron chi connectivity index (χ3n) is 2.36. The molecule has 0 bridgehead atoms. The molecule has 1 atom stereocenters. The molecule has 3 heteroatoms. The molecule has 1 aromatic rings. The van der Waals surface area contributed by atoms with Gasteiger partial charge in [0.25, 0.3) is 0 Å². The largest absolute Gasteiger partial charge is 0.307 e. The van der Waals surface area contributed by atoms with Crippen LogP contribution in [-0.4, -0.2) is 6.54 Å². The Hall–Kier alpha value is -0.500.